The lowest BCUT2D eigenvalue weighted by Crippen LogP contribution is -2.03. The fraction of sp³-hybridized carbons (Fsp3) is 0.143. The third-order valence-electron chi connectivity index (χ3n) is 1.29. The van der Waals surface area contributed by atoms with E-state index in [0.29, 0.717) is 11.3 Å². The summed E-state index contributed by atoms with van der Waals surface area (Å²) in [7, 11) is 0. The van der Waals surface area contributed by atoms with Gasteiger partial charge in [0.05, 0.1) is 18.3 Å². The monoisotopic (exact) mass is 152 g/mol. The van der Waals surface area contributed by atoms with Crippen LogP contribution in [0.3, 0.4) is 0 Å². The van der Waals surface area contributed by atoms with E-state index in [1.165, 1.54) is 12.4 Å². The molecule has 0 saturated carbocycles. The van der Waals surface area contributed by atoms with Gasteiger partial charge in [0.15, 0.2) is 0 Å². The normalized spacial score (nSPS) is 9.45. The number of carboxylic acids is 1. The maximum Gasteiger partial charge on any atom is 0.307 e. The predicted octanol–water partition coefficient (Wildman–Crippen LogP) is 0.291. The van der Waals surface area contributed by atoms with Crippen LogP contribution in [0, 0.1) is 0 Å². The van der Waals surface area contributed by atoms with Gasteiger partial charge in [0, 0.05) is 6.20 Å². The molecule has 0 bridgehead atoms. The molecule has 4 nitrogen and oxygen atoms in total. The molecule has 0 radical (unpaired) electrons. The number of nitrogens with two attached hydrogens (primary N) is 1. The summed E-state index contributed by atoms with van der Waals surface area (Å²) in [6.45, 7) is 0. The highest BCUT2D eigenvalue weighted by Crippen LogP contribution is 2.08. The second-order valence-corrected chi connectivity index (χ2v) is 2.15. The van der Waals surface area contributed by atoms with Crippen molar-refractivity contribution in [3.05, 3.63) is 24.0 Å². The van der Waals surface area contributed by atoms with Crippen LogP contribution < -0.4 is 5.73 Å². The zero-order chi connectivity index (χ0) is 8.27. The van der Waals surface area contributed by atoms with E-state index in [0.717, 1.165) is 0 Å². The Kier molecular flexibility index (Phi) is 2.06. The smallest absolute Gasteiger partial charge is 0.307 e. The number of hydrogen-bond acceptors (Lipinski definition) is 3. The Bertz CT molecular complexity index is 273. The predicted molar refractivity (Wildman–Crippen MR) is 40.0 cm³/mol. The molecule has 11 heavy (non-hydrogen) atoms. The van der Waals surface area contributed by atoms with Crippen LogP contribution in [0.25, 0.3) is 0 Å². The molecule has 1 aromatic heterocycles. The highest BCUT2D eigenvalue weighted by Gasteiger charge is 2.02. The van der Waals surface area contributed by atoms with Crippen molar-refractivity contribution in [3.63, 3.8) is 0 Å². The number of pyridine rings is 1. The Hall–Kier alpha value is -1.58. The zero-order valence-corrected chi connectivity index (χ0v) is 5.82. The number of nitrogen functional groups attached to an aromatic ring is 1. The first-order valence-electron chi connectivity index (χ1n) is 3.10. The standard InChI is InChI=1S/C7H8N2O2/c8-6-4-9-2-1-5(6)3-7(10)11/h1-2,4H,3,8H2,(H,10,11). The summed E-state index contributed by atoms with van der Waals surface area (Å²) >= 11 is 0. The van der Waals surface area contributed by atoms with E-state index in [4.69, 9.17) is 10.8 Å². The fourth-order valence-corrected chi connectivity index (χ4v) is 0.759. The van der Waals surface area contributed by atoms with Crippen molar-refractivity contribution in [3.8, 4) is 0 Å². The van der Waals surface area contributed by atoms with Gasteiger partial charge in [-0.1, -0.05) is 0 Å². The number of aromatic nitrogens is 1. The van der Waals surface area contributed by atoms with E-state index in [-0.39, 0.29) is 6.42 Å². The number of anilines is 1. The molecule has 0 amide bonds. The molecule has 0 aromatic carbocycles. The minimum atomic E-state index is -0.886. The SMILES string of the molecule is Nc1cnccc1CC(=O)O. The molecule has 4 heteroatoms. The van der Waals surface area contributed by atoms with E-state index in [1.54, 1.807) is 6.07 Å². The Labute approximate surface area is 63.7 Å². The highest BCUT2D eigenvalue weighted by atomic mass is 16.4. The minimum Gasteiger partial charge on any atom is -0.481 e. The van der Waals surface area contributed by atoms with Crippen LogP contribution >= 0.6 is 0 Å². The molecule has 1 rings (SSSR count). The summed E-state index contributed by atoms with van der Waals surface area (Å²) in [5.41, 5.74) is 6.47. The van der Waals surface area contributed by atoms with Crippen LogP contribution in [-0.4, -0.2) is 16.1 Å². The Morgan fingerprint density at radius 1 is 1.73 bits per heavy atom. The molecule has 0 spiro atoms. The van der Waals surface area contributed by atoms with E-state index in [9.17, 15) is 4.79 Å². The Morgan fingerprint density at radius 2 is 2.45 bits per heavy atom. The number of aliphatic carboxylic acids is 1. The lowest BCUT2D eigenvalue weighted by molar-refractivity contribution is -0.136. The number of rotatable bonds is 2. The summed E-state index contributed by atoms with van der Waals surface area (Å²) in [4.78, 5) is 14.0. The second kappa shape index (κ2) is 3.01. The summed E-state index contributed by atoms with van der Waals surface area (Å²) in [6.07, 6.45) is 2.92. The minimum absolute atomic E-state index is 0.0473. The van der Waals surface area contributed by atoms with Crippen molar-refractivity contribution in [2.24, 2.45) is 0 Å². The molecule has 0 aliphatic rings. The van der Waals surface area contributed by atoms with Crippen LogP contribution in [0.15, 0.2) is 18.5 Å². The molecule has 1 heterocycles. The van der Waals surface area contributed by atoms with Crippen LogP contribution in [0.1, 0.15) is 5.56 Å². The lowest BCUT2D eigenvalue weighted by atomic mass is 10.2. The van der Waals surface area contributed by atoms with Gasteiger partial charge in [0.2, 0.25) is 0 Å². The third-order valence-corrected chi connectivity index (χ3v) is 1.29. The molecule has 3 N–H and O–H groups in total. The zero-order valence-electron chi connectivity index (χ0n) is 5.82. The maximum atomic E-state index is 10.2. The van der Waals surface area contributed by atoms with Crippen LogP contribution in [0.4, 0.5) is 5.69 Å². The number of carbonyl (C=O) groups is 1. The molecule has 0 aliphatic heterocycles. The molecular weight excluding hydrogens is 144 g/mol. The van der Waals surface area contributed by atoms with Crippen LogP contribution in [0.2, 0.25) is 0 Å². The van der Waals surface area contributed by atoms with E-state index >= 15 is 0 Å². The van der Waals surface area contributed by atoms with Gasteiger partial charge < -0.3 is 10.8 Å². The average Bonchev–Trinajstić information content (AvgIpc) is 1.93. The molecular formula is C7H8N2O2. The van der Waals surface area contributed by atoms with Gasteiger partial charge in [-0.05, 0) is 11.6 Å². The summed E-state index contributed by atoms with van der Waals surface area (Å²) in [5.74, 6) is -0.886. The van der Waals surface area contributed by atoms with Gasteiger partial charge in [0.1, 0.15) is 0 Å². The maximum absolute atomic E-state index is 10.2. The summed E-state index contributed by atoms with van der Waals surface area (Å²) < 4.78 is 0. The van der Waals surface area contributed by atoms with Gasteiger partial charge >= 0.3 is 5.97 Å². The average molecular weight is 152 g/mol. The Morgan fingerprint density at radius 3 is 3.00 bits per heavy atom. The molecule has 0 unspecified atom stereocenters. The number of hydrogen-bond donors (Lipinski definition) is 2. The van der Waals surface area contributed by atoms with Gasteiger partial charge in [-0.3, -0.25) is 9.78 Å². The molecule has 0 aliphatic carbocycles. The first-order chi connectivity index (χ1) is 5.20. The van der Waals surface area contributed by atoms with Crippen molar-refractivity contribution in [2.45, 2.75) is 6.42 Å². The van der Waals surface area contributed by atoms with Crippen LogP contribution in [0.5, 0.6) is 0 Å². The van der Waals surface area contributed by atoms with Crippen molar-refractivity contribution in [2.75, 3.05) is 5.73 Å². The third kappa shape index (κ3) is 1.93. The lowest BCUT2D eigenvalue weighted by Gasteiger charge is -1.99. The molecule has 1 aromatic rings. The molecule has 0 atom stereocenters. The highest BCUT2D eigenvalue weighted by molar-refractivity contribution is 5.72. The number of nitrogens with zero attached hydrogens (tertiary/aromatic N) is 1. The van der Waals surface area contributed by atoms with Crippen molar-refractivity contribution in [1.82, 2.24) is 4.98 Å². The van der Waals surface area contributed by atoms with Crippen molar-refractivity contribution >= 4 is 11.7 Å². The van der Waals surface area contributed by atoms with Gasteiger partial charge in [-0.15, -0.1) is 0 Å². The largest absolute Gasteiger partial charge is 0.481 e. The topological polar surface area (TPSA) is 76.2 Å². The Balaban J connectivity index is 2.86. The quantitative estimate of drug-likeness (QED) is 0.638. The van der Waals surface area contributed by atoms with Gasteiger partial charge in [-0.25, -0.2) is 0 Å². The van der Waals surface area contributed by atoms with E-state index in [2.05, 4.69) is 4.98 Å². The molecule has 58 valence electrons. The van der Waals surface area contributed by atoms with E-state index in [1.807, 2.05) is 0 Å². The summed E-state index contributed by atoms with van der Waals surface area (Å²) in [6, 6.07) is 1.60. The van der Waals surface area contributed by atoms with Gasteiger partial charge in [-0.2, -0.15) is 0 Å². The van der Waals surface area contributed by atoms with Crippen molar-refractivity contribution < 1.29 is 9.90 Å². The fourth-order valence-electron chi connectivity index (χ4n) is 0.759. The van der Waals surface area contributed by atoms with Gasteiger partial charge in [0.25, 0.3) is 0 Å². The second-order valence-electron chi connectivity index (χ2n) is 2.15. The first-order valence-corrected chi connectivity index (χ1v) is 3.10. The number of carboxylic acid groups (broad SMARTS) is 1. The van der Waals surface area contributed by atoms with E-state index < -0.39 is 5.97 Å². The van der Waals surface area contributed by atoms with Crippen molar-refractivity contribution in [1.29, 1.82) is 0 Å². The molecule has 0 fully saturated rings. The molecule has 0 saturated heterocycles. The summed E-state index contributed by atoms with van der Waals surface area (Å²) in [5, 5.41) is 8.42. The first kappa shape index (κ1) is 7.53. The van der Waals surface area contributed by atoms with Crippen LogP contribution in [-0.2, 0) is 11.2 Å².